The maximum Gasteiger partial charge on any atom is 0.232 e. The summed E-state index contributed by atoms with van der Waals surface area (Å²) in [5.41, 5.74) is 5.85. The predicted molar refractivity (Wildman–Crippen MR) is 123 cm³/mol. The molecular formula is C27H23NO3. The van der Waals surface area contributed by atoms with E-state index in [0.29, 0.717) is 29.4 Å². The molecule has 31 heavy (non-hydrogen) atoms. The van der Waals surface area contributed by atoms with Crippen LogP contribution in [0.2, 0.25) is 0 Å². The number of ketones is 1. The van der Waals surface area contributed by atoms with Crippen molar-refractivity contribution < 1.29 is 14.3 Å². The zero-order valence-corrected chi connectivity index (χ0v) is 17.8. The summed E-state index contributed by atoms with van der Waals surface area (Å²) in [7, 11) is 2.00. The Balaban J connectivity index is 1.44. The van der Waals surface area contributed by atoms with E-state index in [1.54, 1.807) is 0 Å². The number of Topliss-reactive ketones (excluding diaryl/α,β-unsaturated/α-hetero) is 1. The van der Waals surface area contributed by atoms with Crippen molar-refractivity contribution in [3.8, 4) is 11.5 Å². The van der Waals surface area contributed by atoms with Gasteiger partial charge in [-0.25, -0.2) is 0 Å². The molecule has 1 aliphatic heterocycles. The van der Waals surface area contributed by atoms with Crippen LogP contribution in [0.15, 0.2) is 72.6 Å². The van der Waals surface area contributed by atoms with Gasteiger partial charge in [-0.15, -0.1) is 0 Å². The first-order chi connectivity index (χ1) is 15.0. The molecule has 0 aliphatic carbocycles. The molecule has 0 spiro atoms. The second-order valence-electron chi connectivity index (χ2n) is 7.98. The molecule has 0 atom stereocenters. The van der Waals surface area contributed by atoms with Gasteiger partial charge in [0.1, 0.15) is 18.1 Å². The van der Waals surface area contributed by atoms with E-state index in [1.807, 2.05) is 62.6 Å². The first kappa shape index (κ1) is 19.2. The van der Waals surface area contributed by atoms with Crippen LogP contribution in [0.1, 0.15) is 32.6 Å². The fourth-order valence-electron chi connectivity index (χ4n) is 4.12. The second kappa shape index (κ2) is 7.47. The number of ether oxygens (including phenoxy) is 2. The van der Waals surface area contributed by atoms with Crippen LogP contribution in [-0.4, -0.2) is 10.4 Å². The summed E-state index contributed by atoms with van der Waals surface area (Å²) in [6.45, 7) is 4.46. The Kier molecular flexibility index (Phi) is 4.63. The number of hydrogen-bond donors (Lipinski definition) is 0. The first-order valence-electron chi connectivity index (χ1n) is 10.3. The largest absolute Gasteiger partial charge is 0.489 e. The van der Waals surface area contributed by atoms with Crippen molar-refractivity contribution in [2.45, 2.75) is 20.5 Å². The van der Waals surface area contributed by atoms with Crippen molar-refractivity contribution in [3.05, 3.63) is 100 Å². The third-order valence-electron chi connectivity index (χ3n) is 5.81. The molecule has 2 heterocycles. The van der Waals surface area contributed by atoms with Crippen LogP contribution in [0.4, 0.5) is 0 Å². The third-order valence-corrected chi connectivity index (χ3v) is 5.81. The lowest BCUT2D eigenvalue weighted by Gasteiger charge is -2.10. The molecule has 5 rings (SSSR count). The highest BCUT2D eigenvalue weighted by Gasteiger charge is 2.30. The van der Waals surface area contributed by atoms with Gasteiger partial charge in [0.05, 0.1) is 5.56 Å². The first-order valence-corrected chi connectivity index (χ1v) is 10.3. The van der Waals surface area contributed by atoms with Gasteiger partial charge in [0, 0.05) is 35.8 Å². The van der Waals surface area contributed by atoms with Gasteiger partial charge < -0.3 is 14.0 Å². The Morgan fingerprint density at radius 1 is 1.00 bits per heavy atom. The van der Waals surface area contributed by atoms with E-state index in [1.165, 1.54) is 5.56 Å². The molecule has 0 radical (unpaired) electrons. The second-order valence-corrected chi connectivity index (χ2v) is 7.98. The molecule has 1 aliphatic rings. The number of nitrogens with zero attached hydrogens (tertiary/aromatic N) is 1. The maximum absolute atomic E-state index is 13.1. The minimum absolute atomic E-state index is 0.0918. The van der Waals surface area contributed by atoms with Crippen LogP contribution >= 0.6 is 0 Å². The molecule has 0 saturated carbocycles. The maximum atomic E-state index is 13.1. The van der Waals surface area contributed by atoms with Gasteiger partial charge in [-0.1, -0.05) is 42.5 Å². The number of para-hydroxylation sites is 1. The van der Waals surface area contributed by atoms with Gasteiger partial charge in [0.2, 0.25) is 5.78 Å². The minimum atomic E-state index is -0.0918. The highest BCUT2D eigenvalue weighted by Crippen LogP contribution is 2.38. The number of allylic oxidation sites excluding steroid dienone is 1. The van der Waals surface area contributed by atoms with Gasteiger partial charge in [0.15, 0.2) is 5.76 Å². The van der Waals surface area contributed by atoms with E-state index >= 15 is 0 Å². The standard InChI is InChI=1S/C27H23NO3/c1-17-8-4-5-9-19(17)16-30-21-12-18(2)26-24(14-21)31-25(27(26)29)13-20-15-28(3)23-11-7-6-10-22(20)23/h4-15H,16H2,1-3H3/b25-13-. The lowest BCUT2D eigenvalue weighted by Crippen LogP contribution is -2.00. The fourth-order valence-corrected chi connectivity index (χ4v) is 4.12. The van der Waals surface area contributed by atoms with Crippen LogP contribution in [0.3, 0.4) is 0 Å². The number of aryl methyl sites for hydroxylation is 3. The molecule has 4 nitrogen and oxygen atoms in total. The Hall–Kier alpha value is -3.79. The summed E-state index contributed by atoms with van der Waals surface area (Å²) < 4.78 is 14.1. The van der Waals surface area contributed by atoms with Crippen LogP contribution in [-0.2, 0) is 13.7 Å². The van der Waals surface area contributed by atoms with E-state index in [2.05, 4.69) is 35.8 Å². The monoisotopic (exact) mass is 409 g/mol. The molecule has 0 fully saturated rings. The van der Waals surface area contributed by atoms with Crippen LogP contribution < -0.4 is 9.47 Å². The minimum Gasteiger partial charge on any atom is -0.489 e. The molecular weight excluding hydrogens is 386 g/mol. The Bertz CT molecular complexity index is 1360. The van der Waals surface area contributed by atoms with Crippen molar-refractivity contribution in [2.24, 2.45) is 7.05 Å². The molecule has 0 N–H and O–H groups in total. The molecule has 4 aromatic rings. The zero-order valence-electron chi connectivity index (χ0n) is 17.8. The summed E-state index contributed by atoms with van der Waals surface area (Å²) in [4.78, 5) is 13.1. The van der Waals surface area contributed by atoms with Gasteiger partial charge >= 0.3 is 0 Å². The van der Waals surface area contributed by atoms with Crippen LogP contribution in [0.25, 0.3) is 17.0 Å². The number of rotatable bonds is 4. The molecule has 0 saturated heterocycles. The molecule has 3 aromatic carbocycles. The number of aromatic nitrogens is 1. The van der Waals surface area contributed by atoms with Crippen molar-refractivity contribution in [1.82, 2.24) is 4.57 Å². The number of carbonyl (C=O) groups is 1. The van der Waals surface area contributed by atoms with Crippen molar-refractivity contribution in [2.75, 3.05) is 0 Å². The normalized spacial score (nSPS) is 14.2. The smallest absolute Gasteiger partial charge is 0.232 e. The predicted octanol–water partition coefficient (Wildman–Crippen LogP) is 5.99. The lowest BCUT2D eigenvalue weighted by atomic mass is 10.0. The number of benzene rings is 3. The summed E-state index contributed by atoms with van der Waals surface area (Å²) in [6, 6.07) is 20.0. The summed E-state index contributed by atoms with van der Waals surface area (Å²) >= 11 is 0. The van der Waals surface area contributed by atoms with E-state index in [4.69, 9.17) is 9.47 Å². The van der Waals surface area contributed by atoms with E-state index < -0.39 is 0 Å². The Labute approximate surface area is 181 Å². The summed E-state index contributed by atoms with van der Waals surface area (Å²) in [5.74, 6) is 1.49. The molecule has 4 heteroatoms. The van der Waals surface area contributed by atoms with Gasteiger partial charge in [-0.05, 0) is 48.7 Å². The summed E-state index contributed by atoms with van der Waals surface area (Å²) in [5, 5.41) is 1.09. The molecule has 1 aromatic heterocycles. The van der Waals surface area contributed by atoms with Crippen LogP contribution in [0, 0.1) is 13.8 Å². The van der Waals surface area contributed by atoms with Crippen LogP contribution in [0.5, 0.6) is 11.5 Å². The van der Waals surface area contributed by atoms with E-state index in [0.717, 1.165) is 27.6 Å². The molecule has 0 unspecified atom stereocenters. The molecule has 0 amide bonds. The Morgan fingerprint density at radius 2 is 1.77 bits per heavy atom. The lowest BCUT2D eigenvalue weighted by molar-refractivity contribution is 0.101. The summed E-state index contributed by atoms with van der Waals surface area (Å²) in [6.07, 6.45) is 3.85. The van der Waals surface area contributed by atoms with Gasteiger partial charge in [-0.3, -0.25) is 4.79 Å². The average molecular weight is 409 g/mol. The van der Waals surface area contributed by atoms with Crippen molar-refractivity contribution in [3.63, 3.8) is 0 Å². The molecule has 0 bridgehead atoms. The van der Waals surface area contributed by atoms with Gasteiger partial charge in [-0.2, -0.15) is 0 Å². The number of carbonyl (C=O) groups excluding carboxylic acids is 1. The highest BCUT2D eigenvalue weighted by atomic mass is 16.5. The quantitative estimate of drug-likeness (QED) is 0.389. The van der Waals surface area contributed by atoms with Crippen molar-refractivity contribution in [1.29, 1.82) is 0 Å². The number of hydrogen-bond acceptors (Lipinski definition) is 3. The van der Waals surface area contributed by atoms with E-state index in [9.17, 15) is 4.79 Å². The van der Waals surface area contributed by atoms with E-state index in [-0.39, 0.29) is 5.78 Å². The zero-order chi connectivity index (χ0) is 21.5. The molecule has 154 valence electrons. The topological polar surface area (TPSA) is 40.5 Å². The SMILES string of the molecule is Cc1ccccc1COc1cc(C)c2c(c1)O/C(=C\c1cn(C)c3ccccc13)C2=O. The highest BCUT2D eigenvalue weighted by molar-refractivity contribution is 6.16. The fraction of sp³-hybridized carbons (Fsp3) is 0.148. The average Bonchev–Trinajstić information content (AvgIpc) is 3.25. The number of fused-ring (bicyclic) bond motifs is 2. The Morgan fingerprint density at radius 3 is 2.61 bits per heavy atom. The van der Waals surface area contributed by atoms with Crippen molar-refractivity contribution >= 4 is 22.8 Å². The van der Waals surface area contributed by atoms with Gasteiger partial charge in [0.25, 0.3) is 0 Å². The third kappa shape index (κ3) is 3.40.